The zero-order chi connectivity index (χ0) is 14.4. The average Bonchev–Trinajstić information content (AvgIpc) is 2.44. The predicted octanol–water partition coefficient (Wildman–Crippen LogP) is 1.22. The van der Waals surface area contributed by atoms with Crippen LogP contribution in [0.1, 0.15) is 70.6 Å². The van der Waals surface area contributed by atoms with Crippen LogP contribution in [0.3, 0.4) is 0 Å². The SMILES string of the molecule is O=C([O-])[C@@H]([NH2+]C1CCCCC1)C12CC3CC(CC(C3)C1)C2. The molecule has 4 bridgehead atoms. The van der Waals surface area contributed by atoms with Crippen LogP contribution in [0.15, 0.2) is 0 Å². The Labute approximate surface area is 127 Å². The number of carboxylic acid groups (broad SMARTS) is 1. The molecule has 3 nitrogen and oxygen atoms in total. The first-order valence-corrected chi connectivity index (χ1v) is 9.20. The summed E-state index contributed by atoms with van der Waals surface area (Å²) in [5.41, 5.74) is 0.0744. The molecule has 0 aromatic rings. The van der Waals surface area contributed by atoms with Crippen LogP contribution in [0.5, 0.6) is 0 Å². The molecule has 118 valence electrons. The topological polar surface area (TPSA) is 56.7 Å². The summed E-state index contributed by atoms with van der Waals surface area (Å²) in [5.74, 6) is 1.68. The number of carbonyl (C=O) groups is 1. The van der Waals surface area contributed by atoms with Crippen LogP contribution >= 0.6 is 0 Å². The molecule has 0 aromatic heterocycles. The highest BCUT2D eigenvalue weighted by atomic mass is 16.4. The number of hydrogen-bond acceptors (Lipinski definition) is 2. The van der Waals surface area contributed by atoms with Crippen molar-refractivity contribution in [2.75, 3.05) is 0 Å². The Kier molecular flexibility index (Phi) is 3.52. The van der Waals surface area contributed by atoms with Gasteiger partial charge < -0.3 is 15.2 Å². The van der Waals surface area contributed by atoms with E-state index in [1.54, 1.807) is 0 Å². The van der Waals surface area contributed by atoms with Gasteiger partial charge in [-0.25, -0.2) is 0 Å². The van der Waals surface area contributed by atoms with E-state index in [-0.39, 0.29) is 11.5 Å². The Balaban J connectivity index is 1.54. The monoisotopic (exact) mass is 291 g/mol. The van der Waals surface area contributed by atoms with Crippen molar-refractivity contribution in [3.05, 3.63) is 0 Å². The molecule has 0 unspecified atom stereocenters. The zero-order valence-electron chi connectivity index (χ0n) is 13.1. The van der Waals surface area contributed by atoms with Gasteiger partial charge in [0.25, 0.3) is 0 Å². The molecule has 5 fully saturated rings. The summed E-state index contributed by atoms with van der Waals surface area (Å²) >= 11 is 0. The second-order valence-electron chi connectivity index (χ2n) is 8.67. The van der Waals surface area contributed by atoms with Crippen molar-refractivity contribution >= 4 is 5.97 Å². The second-order valence-corrected chi connectivity index (χ2v) is 8.67. The predicted molar refractivity (Wildman–Crippen MR) is 78.2 cm³/mol. The van der Waals surface area contributed by atoms with Gasteiger partial charge in [-0.1, -0.05) is 6.42 Å². The normalized spacial score (nSPS) is 43.9. The van der Waals surface area contributed by atoms with Crippen molar-refractivity contribution in [1.29, 1.82) is 0 Å². The van der Waals surface area contributed by atoms with E-state index in [9.17, 15) is 9.90 Å². The molecule has 5 aliphatic carbocycles. The number of hydrogen-bond donors (Lipinski definition) is 1. The minimum atomic E-state index is -0.775. The van der Waals surface area contributed by atoms with E-state index >= 15 is 0 Å². The van der Waals surface area contributed by atoms with E-state index < -0.39 is 5.97 Å². The van der Waals surface area contributed by atoms with Crippen LogP contribution in [0.4, 0.5) is 0 Å². The number of quaternary nitrogens is 1. The Morgan fingerprint density at radius 1 is 0.952 bits per heavy atom. The van der Waals surface area contributed by atoms with E-state index in [1.165, 1.54) is 70.6 Å². The quantitative estimate of drug-likeness (QED) is 0.846. The van der Waals surface area contributed by atoms with Gasteiger partial charge in [0.05, 0.1) is 12.0 Å². The first-order chi connectivity index (χ1) is 10.1. The molecule has 5 aliphatic rings. The average molecular weight is 291 g/mol. The summed E-state index contributed by atoms with van der Waals surface area (Å²) in [7, 11) is 0. The Bertz CT molecular complexity index is 378. The summed E-state index contributed by atoms with van der Waals surface area (Å²) in [6.45, 7) is 0. The third-order valence-corrected chi connectivity index (χ3v) is 7.11. The third-order valence-electron chi connectivity index (χ3n) is 7.11. The molecule has 0 aliphatic heterocycles. The molecular formula is C18H29NO2. The Morgan fingerprint density at radius 3 is 1.95 bits per heavy atom. The van der Waals surface area contributed by atoms with Gasteiger partial charge in [-0.3, -0.25) is 0 Å². The van der Waals surface area contributed by atoms with E-state index in [0.717, 1.165) is 17.8 Å². The number of aliphatic carboxylic acids is 1. The molecule has 3 heteroatoms. The van der Waals surface area contributed by atoms with Crippen LogP contribution in [-0.2, 0) is 4.79 Å². The molecular weight excluding hydrogens is 262 g/mol. The summed E-state index contributed by atoms with van der Waals surface area (Å²) in [4.78, 5) is 11.9. The molecule has 1 atom stereocenters. The molecule has 0 aromatic carbocycles. The molecule has 5 rings (SSSR count). The molecule has 5 saturated carbocycles. The maximum atomic E-state index is 11.9. The van der Waals surface area contributed by atoms with Crippen LogP contribution in [0, 0.1) is 23.2 Å². The zero-order valence-corrected chi connectivity index (χ0v) is 13.1. The van der Waals surface area contributed by atoms with Gasteiger partial charge in [0.2, 0.25) is 0 Å². The molecule has 21 heavy (non-hydrogen) atoms. The maximum absolute atomic E-state index is 11.9. The number of carbonyl (C=O) groups excluding carboxylic acids is 1. The van der Waals surface area contributed by atoms with Gasteiger partial charge in [-0.2, -0.15) is 0 Å². The first kappa shape index (κ1) is 14.0. The number of carboxylic acids is 1. The minimum absolute atomic E-state index is 0.0744. The van der Waals surface area contributed by atoms with Crippen LogP contribution in [0.25, 0.3) is 0 Å². The third kappa shape index (κ3) is 2.52. The van der Waals surface area contributed by atoms with Crippen molar-refractivity contribution < 1.29 is 15.2 Å². The summed E-state index contributed by atoms with van der Waals surface area (Å²) < 4.78 is 0. The van der Waals surface area contributed by atoms with E-state index in [1.807, 2.05) is 0 Å². The molecule has 0 amide bonds. The van der Waals surface area contributed by atoms with E-state index in [2.05, 4.69) is 5.32 Å². The fourth-order valence-electron chi connectivity index (χ4n) is 6.69. The lowest BCUT2D eigenvalue weighted by atomic mass is 9.47. The molecule has 2 N–H and O–H groups in total. The largest absolute Gasteiger partial charge is 0.544 e. The smallest absolute Gasteiger partial charge is 0.132 e. The minimum Gasteiger partial charge on any atom is -0.544 e. The fourth-order valence-corrected chi connectivity index (χ4v) is 6.69. The lowest BCUT2D eigenvalue weighted by Gasteiger charge is -2.58. The van der Waals surface area contributed by atoms with Crippen LogP contribution in [0.2, 0.25) is 0 Å². The van der Waals surface area contributed by atoms with Gasteiger partial charge in [-0.05, 0) is 82.0 Å². The first-order valence-electron chi connectivity index (χ1n) is 9.20. The molecule has 0 radical (unpaired) electrons. The highest BCUT2D eigenvalue weighted by Crippen LogP contribution is 2.60. The highest BCUT2D eigenvalue weighted by Gasteiger charge is 2.56. The molecule has 0 heterocycles. The van der Waals surface area contributed by atoms with Gasteiger partial charge in [-0.15, -0.1) is 0 Å². The van der Waals surface area contributed by atoms with Gasteiger partial charge in [0, 0.05) is 5.41 Å². The Morgan fingerprint density at radius 2 is 1.48 bits per heavy atom. The van der Waals surface area contributed by atoms with Gasteiger partial charge in [0.15, 0.2) is 0 Å². The van der Waals surface area contributed by atoms with E-state index in [4.69, 9.17) is 0 Å². The fraction of sp³-hybridized carbons (Fsp3) is 0.944. The van der Waals surface area contributed by atoms with E-state index in [0.29, 0.717) is 6.04 Å². The summed E-state index contributed by atoms with van der Waals surface area (Å²) in [6.07, 6.45) is 13.9. The summed E-state index contributed by atoms with van der Waals surface area (Å²) in [5, 5.41) is 14.2. The Hall–Kier alpha value is -0.570. The lowest BCUT2D eigenvalue weighted by Crippen LogP contribution is -3.00. The second kappa shape index (κ2) is 5.26. The van der Waals surface area contributed by atoms with Crippen LogP contribution in [-0.4, -0.2) is 18.1 Å². The van der Waals surface area contributed by atoms with Crippen molar-refractivity contribution in [2.24, 2.45) is 23.2 Å². The number of rotatable bonds is 4. The van der Waals surface area contributed by atoms with Crippen molar-refractivity contribution in [2.45, 2.75) is 82.7 Å². The molecule has 0 saturated heterocycles. The van der Waals surface area contributed by atoms with Crippen LogP contribution < -0.4 is 10.4 Å². The highest BCUT2D eigenvalue weighted by molar-refractivity contribution is 5.70. The van der Waals surface area contributed by atoms with Crippen molar-refractivity contribution in [1.82, 2.24) is 0 Å². The maximum Gasteiger partial charge on any atom is 0.132 e. The van der Waals surface area contributed by atoms with Crippen molar-refractivity contribution in [3.8, 4) is 0 Å². The molecule has 0 spiro atoms. The van der Waals surface area contributed by atoms with Crippen molar-refractivity contribution in [3.63, 3.8) is 0 Å². The lowest BCUT2D eigenvalue weighted by molar-refractivity contribution is -0.731. The van der Waals surface area contributed by atoms with Gasteiger partial charge >= 0.3 is 0 Å². The van der Waals surface area contributed by atoms with Gasteiger partial charge in [0.1, 0.15) is 6.04 Å². The number of nitrogens with two attached hydrogens (primary N) is 1. The standard InChI is InChI=1S/C18H29NO2/c20-17(21)16(19-15-4-2-1-3-5-15)18-9-12-6-13(10-18)8-14(7-12)11-18/h12-16,19H,1-11H2,(H,20,21)/t12?,13?,14?,16-,18?/m1/s1. The summed E-state index contributed by atoms with van der Waals surface area (Å²) in [6, 6.07) is 0.267.